The van der Waals surface area contributed by atoms with Crippen LogP contribution in [0.15, 0.2) is 0 Å². The fraction of sp³-hybridized carbons (Fsp3) is 0.913. The Morgan fingerprint density at radius 1 is 0.571 bits per heavy atom. The number of ether oxygens (including phenoxy) is 1. The minimum Gasteiger partial charge on any atom is -0.466 e. The van der Waals surface area contributed by atoms with Crippen LogP contribution in [0.3, 0.4) is 0 Å². The van der Waals surface area contributed by atoms with Gasteiger partial charge in [0.25, 0.3) is 0 Å². The third-order valence-corrected chi connectivity index (χ3v) is 5.11. The first-order chi connectivity index (χ1) is 13.7. The van der Waals surface area contributed by atoms with Gasteiger partial charge in [-0.1, -0.05) is 96.8 Å². The Morgan fingerprint density at radius 3 is 1.43 bits per heavy atom. The van der Waals surface area contributed by atoms with E-state index in [-0.39, 0.29) is 12.4 Å². The molecule has 0 aromatic rings. The van der Waals surface area contributed by atoms with Gasteiger partial charge in [0.15, 0.2) is 0 Å². The van der Waals surface area contributed by atoms with Crippen molar-refractivity contribution in [3.63, 3.8) is 0 Å². The fourth-order valence-corrected chi connectivity index (χ4v) is 3.31. The van der Waals surface area contributed by atoms with Crippen LogP contribution in [0.5, 0.6) is 0 Å². The maximum absolute atomic E-state index is 11.6. The molecule has 0 rings (SSSR count). The molecule has 0 radical (unpaired) electrons. The second-order valence-corrected chi connectivity index (χ2v) is 7.83. The Morgan fingerprint density at radius 2 is 0.964 bits per heavy atom. The summed E-state index contributed by atoms with van der Waals surface area (Å²) in [6.07, 6.45) is 20.4. The molecule has 0 aromatic heterocycles. The highest BCUT2D eigenvalue weighted by atomic mass is 19.3. The van der Waals surface area contributed by atoms with E-state index in [4.69, 9.17) is 4.74 Å². The quantitative estimate of drug-likeness (QED) is 0.148. The molecule has 0 bridgehead atoms. The van der Waals surface area contributed by atoms with Gasteiger partial charge < -0.3 is 4.74 Å². The monoisotopic (exact) mass is 402 g/mol. The van der Waals surface area contributed by atoms with Crippen LogP contribution in [0.2, 0.25) is 0 Å². The lowest BCUT2D eigenvalue weighted by molar-refractivity contribution is -0.183. The molecule has 0 N–H and O–H groups in total. The minimum atomic E-state index is -0.804. The molecule has 0 saturated heterocycles. The number of rotatable bonds is 21. The molecule has 0 aromatic carbocycles. The fourth-order valence-electron chi connectivity index (χ4n) is 3.31. The number of hydrogen-bond donors (Lipinski definition) is 0. The summed E-state index contributed by atoms with van der Waals surface area (Å²) in [5.74, 6) is -0.912. The molecule has 166 valence electrons. The van der Waals surface area contributed by atoms with Gasteiger partial charge in [-0.3, -0.25) is 9.74 Å². The first-order valence-corrected chi connectivity index (χ1v) is 11.7. The van der Waals surface area contributed by atoms with Crippen molar-refractivity contribution in [1.82, 2.24) is 0 Å². The Kier molecular flexibility index (Phi) is 21.3. The average molecular weight is 403 g/mol. The molecule has 0 amide bonds. The van der Waals surface area contributed by atoms with Crippen LogP contribution in [0.1, 0.15) is 129 Å². The van der Waals surface area contributed by atoms with Crippen LogP contribution in [0, 0.1) is 0 Å². The highest BCUT2D eigenvalue weighted by molar-refractivity contribution is 5.69. The number of hydrogen-bond acceptors (Lipinski definition) is 4. The summed E-state index contributed by atoms with van der Waals surface area (Å²) in [6.45, 7) is 2.80. The number of esters is 1. The summed E-state index contributed by atoms with van der Waals surface area (Å²) in [5.41, 5.74) is 0. The van der Waals surface area contributed by atoms with Gasteiger partial charge in [-0.15, -0.1) is 0 Å². The van der Waals surface area contributed by atoms with E-state index >= 15 is 0 Å². The lowest BCUT2D eigenvalue weighted by Crippen LogP contribution is -2.05. The van der Waals surface area contributed by atoms with Crippen molar-refractivity contribution in [2.75, 3.05) is 6.61 Å². The molecule has 0 aliphatic rings. The zero-order valence-corrected chi connectivity index (χ0v) is 18.2. The predicted octanol–water partition coefficient (Wildman–Crippen LogP) is 7.39. The van der Waals surface area contributed by atoms with Crippen LogP contribution < -0.4 is 0 Å². The molecule has 28 heavy (non-hydrogen) atoms. The van der Waals surface area contributed by atoms with E-state index in [2.05, 4.69) is 11.9 Å². The van der Waals surface area contributed by atoms with Gasteiger partial charge in [0.2, 0.25) is 0 Å². The first-order valence-electron chi connectivity index (χ1n) is 11.7. The highest BCUT2D eigenvalue weighted by Gasteiger charge is 2.04. The molecular formula is C23H43FO4. The molecule has 0 unspecified atom stereocenters. The lowest BCUT2D eigenvalue weighted by Gasteiger charge is -2.05. The zero-order chi connectivity index (χ0) is 20.7. The summed E-state index contributed by atoms with van der Waals surface area (Å²) >= 11 is 0. The van der Waals surface area contributed by atoms with Crippen LogP contribution >= 0.6 is 0 Å². The van der Waals surface area contributed by atoms with Crippen LogP contribution in [-0.2, 0) is 19.3 Å². The Labute approximate surface area is 171 Å². The molecule has 5 heteroatoms. The van der Waals surface area contributed by atoms with Crippen molar-refractivity contribution in [3.05, 3.63) is 0 Å². The van der Waals surface area contributed by atoms with Crippen LogP contribution in [0.25, 0.3) is 0 Å². The van der Waals surface area contributed by atoms with Crippen LogP contribution in [-0.4, -0.2) is 18.5 Å². The maximum Gasteiger partial charge on any atom is 0.348 e. The number of carbonyl (C=O) groups is 2. The summed E-state index contributed by atoms with van der Waals surface area (Å²) in [6, 6.07) is 0. The lowest BCUT2D eigenvalue weighted by atomic mass is 10.1. The van der Waals surface area contributed by atoms with Crippen molar-refractivity contribution >= 4 is 11.9 Å². The SMILES string of the molecule is CCCCCCCCCCCCCCOC(=O)CCCCCCCC(=O)OF. The van der Waals surface area contributed by atoms with E-state index in [9.17, 15) is 14.1 Å². The molecule has 0 fully saturated rings. The second kappa shape index (κ2) is 22.2. The van der Waals surface area contributed by atoms with Crippen LogP contribution in [0.4, 0.5) is 4.53 Å². The Balaban J connectivity index is 3.18. The maximum atomic E-state index is 11.6. The third-order valence-electron chi connectivity index (χ3n) is 5.11. The molecule has 0 spiro atoms. The molecule has 4 nitrogen and oxygen atoms in total. The smallest absolute Gasteiger partial charge is 0.348 e. The van der Waals surface area contributed by atoms with E-state index in [1.54, 1.807) is 0 Å². The van der Waals surface area contributed by atoms with Crippen molar-refractivity contribution in [1.29, 1.82) is 0 Å². The normalized spacial score (nSPS) is 10.8. The van der Waals surface area contributed by atoms with Gasteiger partial charge in [0, 0.05) is 17.4 Å². The standard InChI is InChI=1S/C23H43FO4/c1-2-3-4-5-6-7-8-9-10-11-15-18-21-27-22(25)19-16-13-12-14-17-20-23(26)28-24/h2-21H2,1H3. The minimum absolute atomic E-state index is 0.107. The second-order valence-electron chi connectivity index (χ2n) is 7.83. The Hall–Kier alpha value is -1.13. The summed E-state index contributed by atoms with van der Waals surface area (Å²) in [5, 5.41) is 0. The molecule has 0 heterocycles. The molecule has 0 aliphatic carbocycles. The summed E-state index contributed by atoms with van der Waals surface area (Å²) in [7, 11) is 0. The van der Waals surface area contributed by atoms with Crippen molar-refractivity contribution in [3.8, 4) is 0 Å². The van der Waals surface area contributed by atoms with E-state index < -0.39 is 5.97 Å². The number of halogens is 1. The molecule has 0 aliphatic heterocycles. The molecule has 0 saturated carbocycles. The number of unbranched alkanes of at least 4 members (excludes halogenated alkanes) is 15. The van der Waals surface area contributed by atoms with E-state index in [1.807, 2.05) is 0 Å². The van der Waals surface area contributed by atoms with Gasteiger partial charge in [0.1, 0.15) is 0 Å². The van der Waals surface area contributed by atoms with Gasteiger partial charge >= 0.3 is 11.9 Å². The van der Waals surface area contributed by atoms with Gasteiger partial charge in [-0.25, -0.2) is 4.79 Å². The average Bonchev–Trinajstić information content (AvgIpc) is 2.70. The summed E-state index contributed by atoms with van der Waals surface area (Å²) < 4.78 is 16.7. The van der Waals surface area contributed by atoms with E-state index in [0.29, 0.717) is 19.4 Å². The number of carbonyl (C=O) groups excluding carboxylic acids is 2. The Bertz CT molecular complexity index is 361. The third kappa shape index (κ3) is 21.2. The first kappa shape index (κ1) is 26.9. The van der Waals surface area contributed by atoms with E-state index in [1.165, 1.54) is 64.2 Å². The predicted molar refractivity (Wildman–Crippen MR) is 112 cm³/mol. The van der Waals surface area contributed by atoms with Gasteiger partial charge in [0.05, 0.1) is 6.61 Å². The van der Waals surface area contributed by atoms with Crippen molar-refractivity contribution < 1.29 is 23.8 Å². The topological polar surface area (TPSA) is 52.6 Å². The van der Waals surface area contributed by atoms with Crippen molar-refractivity contribution in [2.24, 2.45) is 0 Å². The van der Waals surface area contributed by atoms with Gasteiger partial charge in [-0.2, -0.15) is 0 Å². The molecule has 0 atom stereocenters. The van der Waals surface area contributed by atoms with Gasteiger partial charge in [-0.05, 0) is 19.3 Å². The molecular weight excluding hydrogens is 359 g/mol. The summed E-state index contributed by atoms with van der Waals surface area (Å²) in [4.78, 5) is 25.3. The van der Waals surface area contributed by atoms with E-state index in [0.717, 1.165) is 38.5 Å². The van der Waals surface area contributed by atoms with Crippen molar-refractivity contribution in [2.45, 2.75) is 129 Å². The largest absolute Gasteiger partial charge is 0.466 e. The highest BCUT2D eigenvalue weighted by Crippen LogP contribution is 2.12. The zero-order valence-electron chi connectivity index (χ0n) is 18.2.